The standard InChI is InChI=1S/C18H20O5/c1-21-14(19)10-11(15(20)22-2)13-16(5-6-16)12(10)17-8-3-4-9(7-8)18(13,17)23-17/h8-9,12-13H,3-7H2,1-2H3/t8-,9-,12-,13+,17+,18-/m1/s1. The van der Waals surface area contributed by atoms with Crippen molar-refractivity contribution >= 4 is 11.9 Å². The second-order valence-electron chi connectivity index (χ2n) is 8.30. The van der Waals surface area contributed by atoms with Crippen molar-refractivity contribution in [2.75, 3.05) is 14.2 Å². The third-order valence-corrected chi connectivity index (χ3v) is 8.07. The number of esters is 2. The van der Waals surface area contributed by atoms with Gasteiger partial charge in [-0.25, -0.2) is 9.59 Å². The number of rotatable bonds is 2. The van der Waals surface area contributed by atoms with E-state index in [0.717, 1.165) is 12.8 Å². The molecule has 0 amide bonds. The molecular weight excluding hydrogens is 296 g/mol. The van der Waals surface area contributed by atoms with E-state index in [-0.39, 0.29) is 40.4 Å². The van der Waals surface area contributed by atoms with Crippen LogP contribution in [0.15, 0.2) is 11.1 Å². The van der Waals surface area contributed by atoms with E-state index in [1.807, 2.05) is 0 Å². The van der Waals surface area contributed by atoms with E-state index in [1.54, 1.807) is 0 Å². The van der Waals surface area contributed by atoms with Gasteiger partial charge in [0.2, 0.25) is 0 Å². The van der Waals surface area contributed by atoms with Gasteiger partial charge < -0.3 is 14.2 Å². The van der Waals surface area contributed by atoms with Gasteiger partial charge in [0.15, 0.2) is 0 Å². The van der Waals surface area contributed by atoms with Crippen molar-refractivity contribution < 1.29 is 23.8 Å². The van der Waals surface area contributed by atoms with Crippen molar-refractivity contribution in [3.8, 4) is 0 Å². The Labute approximate surface area is 134 Å². The fourth-order valence-electron chi connectivity index (χ4n) is 7.59. The topological polar surface area (TPSA) is 65.1 Å². The maximum atomic E-state index is 12.6. The molecule has 5 nitrogen and oxygen atoms in total. The van der Waals surface area contributed by atoms with Crippen molar-refractivity contribution in [1.29, 1.82) is 0 Å². The number of carbonyl (C=O) groups is 2. The molecule has 4 saturated carbocycles. The summed E-state index contributed by atoms with van der Waals surface area (Å²) in [5.74, 6) is 0.502. The molecule has 5 fully saturated rings. The van der Waals surface area contributed by atoms with Gasteiger partial charge in [0.05, 0.1) is 25.4 Å². The summed E-state index contributed by atoms with van der Waals surface area (Å²) < 4.78 is 16.6. The Morgan fingerprint density at radius 3 is 1.83 bits per heavy atom. The summed E-state index contributed by atoms with van der Waals surface area (Å²) in [5.41, 5.74) is 0.910. The van der Waals surface area contributed by atoms with Crippen LogP contribution in [0.5, 0.6) is 0 Å². The van der Waals surface area contributed by atoms with Crippen LogP contribution < -0.4 is 0 Å². The second-order valence-corrected chi connectivity index (χ2v) is 8.30. The normalized spacial score (nSPS) is 51.7. The van der Waals surface area contributed by atoms with Crippen LogP contribution in [-0.2, 0) is 23.8 Å². The Balaban J connectivity index is 1.61. The van der Waals surface area contributed by atoms with Crippen molar-refractivity contribution in [3.05, 3.63) is 11.1 Å². The molecular formula is C18H20O5. The van der Waals surface area contributed by atoms with Crippen LogP contribution in [0.25, 0.3) is 0 Å². The molecule has 6 aliphatic rings. The summed E-state index contributed by atoms with van der Waals surface area (Å²) in [6.45, 7) is 0. The number of hydrogen-bond donors (Lipinski definition) is 0. The van der Waals surface area contributed by atoms with Crippen molar-refractivity contribution in [1.82, 2.24) is 0 Å². The van der Waals surface area contributed by atoms with Crippen LogP contribution in [0.1, 0.15) is 32.1 Å². The van der Waals surface area contributed by atoms with Crippen LogP contribution >= 0.6 is 0 Å². The highest BCUT2D eigenvalue weighted by Crippen LogP contribution is 2.93. The highest BCUT2D eigenvalue weighted by molar-refractivity contribution is 6.04. The molecule has 5 aliphatic carbocycles. The molecule has 5 heteroatoms. The third-order valence-electron chi connectivity index (χ3n) is 8.07. The molecule has 6 atom stereocenters. The number of methoxy groups -OCH3 is 2. The molecule has 0 unspecified atom stereocenters. The number of fused-ring (bicyclic) bond motifs is 2. The summed E-state index contributed by atoms with van der Waals surface area (Å²) in [6, 6.07) is 0. The fraction of sp³-hybridized carbons (Fsp3) is 0.778. The lowest BCUT2D eigenvalue weighted by Gasteiger charge is -2.29. The first-order valence-electron chi connectivity index (χ1n) is 8.69. The molecule has 1 aliphatic heterocycles. The lowest BCUT2D eigenvalue weighted by atomic mass is 9.69. The Morgan fingerprint density at radius 1 is 0.957 bits per heavy atom. The zero-order chi connectivity index (χ0) is 15.8. The summed E-state index contributed by atoms with van der Waals surface area (Å²) in [5, 5.41) is 0. The largest absolute Gasteiger partial charge is 0.466 e. The first-order chi connectivity index (χ1) is 11.1. The van der Waals surface area contributed by atoms with Crippen molar-refractivity contribution in [2.24, 2.45) is 29.1 Å². The molecule has 0 radical (unpaired) electrons. The molecule has 122 valence electrons. The summed E-state index contributed by atoms with van der Waals surface area (Å²) in [4.78, 5) is 25.1. The van der Waals surface area contributed by atoms with Crippen LogP contribution in [0.3, 0.4) is 0 Å². The second kappa shape index (κ2) is 3.37. The average molecular weight is 316 g/mol. The van der Waals surface area contributed by atoms with Crippen LogP contribution in [0, 0.1) is 29.1 Å². The van der Waals surface area contributed by atoms with Crippen molar-refractivity contribution in [2.45, 2.75) is 43.3 Å². The van der Waals surface area contributed by atoms with Gasteiger partial charge in [-0.15, -0.1) is 0 Å². The minimum Gasteiger partial charge on any atom is -0.466 e. The lowest BCUT2D eigenvalue weighted by molar-refractivity contribution is -0.140. The molecule has 0 aromatic heterocycles. The predicted molar refractivity (Wildman–Crippen MR) is 77.1 cm³/mol. The maximum absolute atomic E-state index is 12.6. The maximum Gasteiger partial charge on any atom is 0.334 e. The zero-order valence-corrected chi connectivity index (χ0v) is 13.4. The van der Waals surface area contributed by atoms with Gasteiger partial charge in [0, 0.05) is 11.8 Å². The van der Waals surface area contributed by atoms with Crippen LogP contribution in [0.4, 0.5) is 0 Å². The summed E-state index contributed by atoms with van der Waals surface area (Å²) >= 11 is 0. The number of carbonyl (C=O) groups excluding carboxylic acids is 2. The average Bonchev–Trinajstić information content (AvgIpc) is 3.34. The molecule has 1 saturated heterocycles. The van der Waals surface area contributed by atoms with E-state index >= 15 is 0 Å². The number of hydrogen-bond acceptors (Lipinski definition) is 5. The van der Waals surface area contributed by atoms with E-state index in [2.05, 4.69) is 0 Å². The molecule has 6 rings (SSSR count). The molecule has 0 aromatic carbocycles. The smallest absolute Gasteiger partial charge is 0.334 e. The number of epoxide rings is 1. The molecule has 0 N–H and O–H groups in total. The Kier molecular flexibility index (Phi) is 1.90. The van der Waals surface area contributed by atoms with Gasteiger partial charge in [-0.3, -0.25) is 0 Å². The fourth-order valence-corrected chi connectivity index (χ4v) is 7.59. The monoisotopic (exact) mass is 316 g/mol. The van der Waals surface area contributed by atoms with E-state index in [4.69, 9.17) is 14.2 Å². The first kappa shape index (κ1) is 13.0. The SMILES string of the molecule is COC(=O)C1=C(C(=O)OC)[C@H]2C3(CC3)[C@@H]1[C@]13O[C@]21[C@@H]1CC[C@@H]3C1. The van der Waals surface area contributed by atoms with Crippen LogP contribution in [-0.4, -0.2) is 37.4 Å². The summed E-state index contributed by atoms with van der Waals surface area (Å²) in [7, 11) is 2.80. The minimum atomic E-state index is -0.356. The van der Waals surface area contributed by atoms with Crippen LogP contribution in [0.2, 0.25) is 0 Å². The quantitative estimate of drug-likeness (QED) is 0.572. The molecule has 1 spiro atoms. The number of ether oxygens (including phenoxy) is 3. The minimum absolute atomic E-state index is 0.0526. The summed E-state index contributed by atoms with van der Waals surface area (Å²) in [6.07, 6.45) is 5.79. The highest BCUT2D eigenvalue weighted by Gasteiger charge is 2.99. The molecule has 1 heterocycles. The molecule has 4 bridgehead atoms. The van der Waals surface area contributed by atoms with Gasteiger partial charge in [-0.2, -0.15) is 0 Å². The lowest BCUT2D eigenvalue weighted by Crippen LogP contribution is -2.42. The third kappa shape index (κ3) is 0.978. The first-order valence-corrected chi connectivity index (χ1v) is 8.69. The predicted octanol–water partition coefficient (Wildman–Crippen LogP) is 1.61. The van der Waals surface area contributed by atoms with Gasteiger partial charge in [0.25, 0.3) is 0 Å². The Bertz CT molecular complexity index is 665. The van der Waals surface area contributed by atoms with Gasteiger partial charge >= 0.3 is 11.9 Å². The zero-order valence-electron chi connectivity index (χ0n) is 13.4. The molecule has 23 heavy (non-hydrogen) atoms. The molecule has 0 aromatic rings. The Hall–Kier alpha value is -1.36. The van der Waals surface area contributed by atoms with Gasteiger partial charge in [0.1, 0.15) is 11.2 Å². The van der Waals surface area contributed by atoms with Gasteiger partial charge in [-0.05, 0) is 49.4 Å². The van der Waals surface area contributed by atoms with Gasteiger partial charge in [-0.1, -0.05) is 0 Å². The van der Waals surface area contributed by atoms with E-state index in [9.17, 15) is 9.59 Å². The Morgan fingerprint density at radius 2 is 1.43 bits per heavy atom. The highest BCUT2D eigenvalue weighted by atomic mass is 16.6. The van der Waals surface area contributed by atoms with Crippen molar-refractivity contribution in [3.63, 3.8) is 0 Å². The van der Waals surface area contributed by atoms with E-state index < -0.39 is 0 Å². The van der Waals surface area contributed by atoms with E-state index in [0.29, 0.717) is 23.0 Å². The van der Waals surface area contributed by atoms with E-state index in [1.165, 1.54) is 33.5 Å².